The predicted molar refractivity (Wildman–Crippen MR) is 142 cm³/mol. The maximum atomic E-state index is 13.4. The van der Waals surface area contributed by atoms with E-state index in [4.69, 9.17) is 4.98 Å². The number of fused-ring (bicyclic) bond motifs is 1. The molecule has 1 aliphatic heterocycles. The molecule has 192 valence electrons. The van der Waals surface area contributed by atoms with Gasteiger partial charge in [-0.1, -0.05) is 48.5 Å². The number of halogens is 2. The molecule has 0 amide bonds. The van der Waals surface area contributed by atoms with E-state index in [1.807, 2.05) is 62.4 Å². The molecular formula is C29H31F2N5O. The zero-order valence-electron chi connectivity index (χ0n) is 21.1. The molecule has 8 heteroatoms. The summed E-state index contributed by atoms with van der Waals surface area (Å²) in [5, 5.41) is 4.15. The Morgan fingerprint density at radius 2 is 1.73 bits per heavy atom. The molecular weight excluding hydrogens is 472 g/mol. The number of aromatic nitrogens is 3. The summed E-state index contributed by atoms with van der Waals surface area (Å²) in [5.74, 6) is -2.08. The van der Waals surface area contributed by atoms with Gasteiger partial charge in [-0.05, 0) is 42.2 Å². The highest BCUT2D eigenvalue weighted by atomic mass is 19.3. The van der Waals surface area contributed by atoms with Crippen LogP contribution in [0.1, 0.15) is 48.1 Å². The van der Waals surface area contributed by atoms with Crippen molar-refractivity contribution in [1.29, 1.82) is 0 Å². The first-order valence-corrected chi connectivity index (χ1v) is 12.6. The standard InChI is InChI=1S/C29H31F2N5O/c1-20-5-3-4-6-25(20)19-36-26(37)12-11-24-17-32-28(34-27(24)36)33-21(2)23-9-7-22(8-10-23)18-35-15-13-29(30,31)14-16-35/h3-12,17,21H,13-16,18-19H2,1-2H3,(H,32,33,34). The number of nitrogens with one attached hydrogen (secondary N) is 1. The Bertz CT molecular complexity index is 1440. The number of rotatable bonds is 7. The fourth-order valence-corrected chi connectivity index (χ4v) is 4.74. The van der Waals surface area contributed by atoms with Crippen molar-refractivity contribution >= 4 is 17.0 Å². The molecule has 0 spiro atoms. The Labute approximate surface area is 215 Å². The van der Waals surface area contributed by atoms with E-state index in [9.17, 15) is 13.6 Å². The third-order valence-electron chi connectivity index (χ3n) is 7.13. The van der Waals surface area contributed by atoms with Crippen molar-refractivity contribution < 1.29 is 8.78 Å². The van der Waals surface area contributed by atoms with E-state index in [0.717, 1.165) is 27.6 Å². The quantitative estimate of drug-likeness (QED) is 0.358. The fourth-order valence-electron chi connectivity index (χ4n) is 4.74. The molecule has 1 unspecified atom stereocenters. The van der Waals surface area contributed by atoms with Gasteiger partial charge in [0.05, 0.1) is 12.6 Å². The van der Waals surface area contributed by atoms with Gasteiger partial charge in [-0.3, -0.25) is 14.3 Å². The number of hydrogen-bond donors (Lipinski definition) is 1. The van der Waals surface area contributed by atoms with Gasteiger partial charge in [-0.2, -0.15) is 4.98 Å². The third kappa shape index (κ3) is 5.85. The summed E-state index contributed by atoms with van der Waals surface area (Å²) in [7, 11) is 0. The van der Waals surface area contributed by atoms with Crippen molar-refractivity contribution in [2.45, 2.75) is 51.7 Å². The van der Waals surface area contributed by atoms with Gasteiger partial charge >= 0.3 is 0 Å². The van der Waals surface area contributed by atoms with Gasteiger partial charge in [0.1, 0.15) is 5.65 Å². The van der Waals surface area contributed by atoms with Crippen LogP contribution in [-0.4, -0.2) is 38.4 Å². The van der Waals surface area contributed by atoms with Crippen LogP contribution >= 0.6 is 0 Å². The number of hydrogen-bond acceptors (Lipinski definition) is 5. The van der Waals surface area contributed by atoms with Crippen LogP contribution in [0.5, 0.6) is 0 Å². The number of pyridine rings is 1. The zero-order valence-corrected chi connectivity index (χ0v) is 21.1. The molecule has 5 rings (SSSR count). The van der Waals surface area contributed by atoms with Gasteiger partial charge < -0.3 is 5.32 Å². The van der Waals surface area contributed by atoms with Gasteiger partial charge in [0.25, 0.3) is 11.5 Å². The minimum Gasteiger partial charge on any atom is -0.348 e. The first-order chi connectivity index (χ1) is 17.8. The molecule has 0 bridgehead atoms. The average Bonchev–Trinajstić information content (AvgIpc) is 2.88. The number of anilines is 1. The molecule has 4 aromatic rings. The lowest BCUT2D eigenvalue weighted by Gasteiger charge is -2.31. The largest absolute Gasteiger partial charge is 0.348 e. The van der Waals surface area contributed by atoms with Crippen LogP contribution in [0.2, 0.25) is 0 Å². The Morgan fingerprint density at radius 1 is 1.00 bits per heavy atom. The molecule has 37 heavy (non-hydrogen) atoms. The predicted octanol–water partition coefficient (Wildman–Crippen LogP) is 5.55. The Balaban J connectivity index is 1.30. The number of benzene rings is 2. The number of likely N-dealkylation sites (tertiary alicyclic amines) is 1. The van der Waals surface area contributed by atoms with Gasteiger partial charge in [0.15, 0.2) is 0 Å². The van der Waals surface area contributed by atoms with E-state index in [1.165, 1.54) is 0 Å². The van der Waals surface area contributed by atoms with Crippen LogP contribution in [0.3, 0.4) is 0 Å². The Kier molecular flexibility index (Phi) is 7.02. The normalized spacial score (nSPS) is 16.5. The van der Waals surface area contributed by atoms with Gasteiger partial charge in [0.2, 0.25) is 5.95 Å². The topological polar surface area (TPSA) is 63.1 Å². The summed E-state index contributed by atoms with van der Waals surface area (Å²) in [4.78, 5) is 24.0. The van der Waals surface area contributed by atoms with E-state index in [2.05, 4.69) is 15.2 Å². The number of alkyl halides is 2. The fraction of sp³-hybridized carbons (Fsp3) is 0.345. The maximum absolute atomic E-state index is 13.4. The summed E-state index contributed by atoms with van der Waals surface area (Å²) in [5.41, 5.74) is 4.82. The lowest BCUT2D eigenvalue weighted by atomic mass is 10.0. The van der Waals surface area contributed by atoms with Gasteiger partial charge in [-0.15, -0.1) is 0 Å². The molecule has 2 aromatic heterocycles. The summed E-state index contributed by atoms with van der Waals surface area (Å²) in [6, 6.07) is 19.4. The second-order valence-corrected chi connectivity index (χ2v) is 9.90. The smallest absolute Gasteiger partial charge is 0.252 e. The highest BCUT2D eigenvalue weighted by Gasteiger charge is 2.33. The second-order valence-electron chi connectivity index (χ2n) is 9.90. The lowest BCUT2D eigenvalue weighted by molar-refractivity contribution is -0.0566. The molecule has 1 fully saturated rings. The Morgan fingerprint density at radius 3 is 2.46 bits per heavy atom. The van der Waals surface area contributed by atoms with Crippen molar-refractivity contribution in [1.82, 2.24) is 19.4 Å². The summed E-state index contributed by atoms with van der Waals surface area (Å²) < 4.78 is 28.5. The molecule has 0 aliphatic carbocycles. The minimum atomic E-state index is -2.53. The zero-order chi connectivity index (χ0) is 26.0. The van der Waals surface area contributed by atoms with E-state index in [1.54, 1.807) is 22.9 Å². The van der Waals surface area contributed by atoms with Crippen molar-refractivity contribution in [3.8, 4) is 0 Å². The molecule has 2 aromatic carbocycles. The average molecular weight is 504 g/mol. The van der Waals surface area contributed by atoms with Crippen LogP contribution in [0, 0.1) is 6.92 Å². The molecule has 3 heterocycles. The molecule has 1 saturated heterocycles. The number of aryl methyl sites for hydroxylation is 1. The number of nitrogens with zero attached hydrogens (tertiary/aromatic N) is 4. The summed E-state index contributed by atoms with van der Waals surface area (Å²) >= 11 is 0. The molecule has 1 N–H and O–H groups in total. The van der Waals surface area contributed by atoms with Gasteiger partial charge in [0, 0.05) is 50.1 Å². The first-order valence-electron chi connectivity index (χ1n) is 12.6. The maximum Gasteiger partial charge on any atom is 0.252 e. The van der Waals surface area contributed by atoms with Crippen LogP contribution in [0.4, 0.5) is 14.7 Å². The lowest BCUT2D eigenvalue weighted by Crippen LogP contribution is -2.38. The molecule has 0 saturated carbocycles. The van der Waals surface area contributed by atoms with Crippen molar-refractivity contribution in [3.63, 3.8) is 0 Å². The van der Waals surface area contributed by atoms with E-state index < -0.39 is 5.92 Å². The molecule has 6 nitrogen and oxygen atoms in total. The third-order valence-corrected chi connectivity index (χ3v) is 7.13. The van der Waals surface area contributed by atoms with Crippen molar-refractivity contribution in [3.05, 3.63) is 99.5 Å². The van der Waals surface area contributed by atoms with Crippen LogP contribution in [-0.2, 0) is 13.1 Å². The molecule has 1 atom stereocenters. The Hall–Kier alpha value is -3.65. The van der Waals surface area contributed by atoms with Gasteiger partial charge in [-0.25, -0.2) is 13.8 Å². The van der Waals surface area contributed by atoms with E-state index >= 15 is 0 Å². The van der Waals surface area contributed by atoms with Crippen molar-refractivity contribution in [2.75, 3.05) is 18.4 Å². The summed E-state index contributed by atoms with van der Waals surface area (Å²) in [6.45, 7) is 6.00. The second kappa shape index (κ2) is 10.4. The monoisotopic (exact) mass is 503 g/mol. The van der Waals surface area contributed by atoms with E-state index in [-0.39, 0.29) is 24.4 Å². The van der Waals surface area contributed by atoms with Crippen LogP contribution in [0.15, 0.2) is 71.7 Å². The molecule has 0 radical (unpaired) electrons. The summed E-state index contributed by atoms with van der Waals surface area (Å²) in [6.07, 6.45) is 1.59. The highest BCUT2D eigenvalue weighted by Crippen LogP contribution is 2.28. The first kappa shape index (κ1) is 25.0. The SMILES string of the molecule is Cc1ccccc1Cn1c(=O)ccc2cnc(NC(C)c3ccc(CN4CCC(F)(F)CC4)cc3)nc21. The van der Waals surface area contributed by atoms with E-state index in [0.29, 0.717) is 37.8 Å². The van der Waals surface area contributed by atoms with Crippen LogP contribution in [0.25, 0.3) is 11.0 Å². The van der Waals surface area contributed by atoms with Crippen molar-refractivity contribution in [2.24, 2.45) is 0 Å². The van der Waals surface area contributed by atoms with Crippen LogP contribution < -0.4 is 10.9 Å². The highest BCUT2D eigenvalue weighted by molar-refractivity contribution is 5.75. The minimum absolute atomic E-state index is 0.0690. The molecule has 1 aliphatic rings. The number of piperidine rings is 1.